The Labute approximate surface area is 126 Å². The molecule has 1 N–H and O–H groups in total. The summed E-state index contributed by atoms with van der Waals surface area (Å²) in [5.74, 6) is 0.173. The lowest BCUT2D eigenvalue weighted by Gasteiger charge is -2.53. The number of carbonyl (C=O) groups is 1. The molecule has 1 aliphatic heterocycles. The summed E-state index contributed by atoms with van der Waals surface area (Å²) in [6.07, 6.45) is 1.83. The Hall–Kier alpha value is -1.39. The lowest BCUT2D eigenvalue weighted by atomic mass is 9.64. The van der Waals surface area contributed by atoms with Crippen molar-refractivity contribution in [2.24, 2.45) is 5.41 Å². The van der Waals surface area contributed by atoms with Gasteiger partial charge in [0.15, 0.2) is 0 Å². The van der Waals surface area contributed by atoms with Gasteiger partial charge in [-0.3, -0.25) is 4.79 Å². The number of anilines is 1. The van der Waals surface area contributed by atoms with Gasteiger partial charge in [-0.05, 0) is 18.1 Å². The maximum atomic E-state index is 12.2. The van der Waals surface area contributed by atoms with Crippen molar-refractivity contribution in [2.45, 2.75) is 44.9 Å². The van der Waals surface area contributed by atoms with Gasteiger partial charge < -0.3 is 15.0 Å². The second-order valence-corrected chi connectivity index (χ2v) is 6.77. The molecule has 1 aromatic rings. The molecule has 1 saturated carbocycles. The quantitative estimate of drug-likeness (QED) is 0.929. The van der Waals surface area contributed by atoms with E-state index >= 15 is 0 Å². The fraction of sp³-hybridized carbons (Fsp3) is 0.588. The largest absolute Gasteiger partial charge is 0.381 e. The molecule has 0 saturated heterocycles. The zero-order chi connectivity index (χ0) is 15.2. The number of methoxy groups -OCH3 is 1. The molecule has 3 unspecified atom stereocenters. The van der Waals surface area contributed by atoms with Crippen LogP contribution in [-0.2, 0) is 9.53 Å². The molecular formula is C17H24N2O2. The fourth-order valence-electron chi connectivity index (χ4n) is 3.60. The molecule has 1 aliphatic carbocycles. The minimum Gasteiger partial charge on any atom is -0.381 e. The molecule has 0 spiro atoms. The number of hydrogen-bond donors (Lipinski definition) is 1. The molecule has 0 aromatic heterocycles. The number of benzene rings is 1. The molecule has 1 fully saturated rings. The van der Waals surface area contributed by atoms with Crippen LogP contribution in [0.1, 0.15) is 38.3 Å². The number of fused-ring (bicyclic) bond motifs is 1. The summed E-state index contributed by atoms with van der Waals surface area (Å²) in [4.78, 5) is 14.0. The molecular weight excluding hydrogens is 264 g/mol. The zero-order valence-corrected chi connectivity index (χ0v) is 13.2. The lowest BCUT2D eigenvalue weighted by Crippen LogP contribution is -2.61. The summed E-state index contributed by atoms with van der Waals surface area (Å²) in [6.45, 7) is 4.45. The second-order valence-electron chi connectivity index (χ2n) is 6.77. The normalized spacial score (nSPS) is 30.8. The Balaban J connectivity index is 1.81. The van der Waals surface area contributed by atoms with Crippen molar-refractivity contribution >= 4 is 11.6 Å². The highest BCUT2D eigenvalue weighted by molar-refractivity contribution is 5.96. The van der Waals surface area contributed by atoms with Gasteiger partial charge in [0.25, 0.3) is 0 Å². The Morgan fingerprint density at radius 2 is 2.05 bits per heavy atom. The minimum absolute atomic E-state index is 0.104. The predicted octanol–water partition coefficient (Wildman–Crippen LogP) is 2.50. The minimum atomic E-state index is 0.104. The van der Waals surface area contributed by atoms with Gasteiger partial charge in [0.1, 0.15) is 0 Å². The Morgan fingerprint density at radius 3 is 2.71 bits per heavy atom. The van der Waals surface area contributed by atoms with Crippen molar-refractivity contribution in [3.8, 4) is 0 Å². The van der Waals surface area contributed by atoms with Crippen LogP contribution < -0.4 is 10.2 Å². The maximum Gasteiger partial charge on any atom is 0.228 e. The molecule has 114 valence electrons. The Kier molecular flexibility index (Phi) is 3.54. The Morgan fingerprint density at radius 1 is 1.33 bits per heavy atom. The van der Waals surface area contributed by atoms with Crippen LogP contribution in [-0.4, -0.2) is 32.2 Å². The summed E-state index contributed by atoms with van der Waals surface area (Å²) in [6, 6.07) is 8.66. The number of carbonyl (C=O) groups excluding carboxylic acids is 1. The molecule has 0 radical (unpaired) electrons. The molecule has 4 heteroatoms. The van der Waals surface area contributed by atoms with Crippen molar-refractivity contribution in [2.75, 3.05) is 19.1 Å². The molecule has 1 heterocycles. The van der Waals surface area contributed by atoms with Gasteiger partial charge in [-0.15, -0.1) is 0 Å². The molecule has 3 atom stereocenters. The van der Waals surface area contributed by atoms with E-state index in [-0.39, 0.29) is 17.4 Å². The summed E-state index contributed by atoms with van der Waals surface area (Å²) < 4.78 is 5.51. The smallest absolute Gasteiger partial charge is 0.228 e. The first-order chi connectivity index (χ1) is 9.95. The average molecular weight is 288 g/mol. The van der Waals surface area contributed by atoms with Gasteiger partial charge in [0, 0.05) is 43.8 Å². The van der Waals surface area contributed by atoms with E-state index in [1.165, 1.54) is 5.56 Å². The number of nitrogens with one attached hydrogen (secondary N) is 1. The van der Waals surface area contributed by atoms with Crippen LogP contribution in [0.2, 0.25) is 0 Å². The van der Waals surface area contributed by atoms with Crippen LogP contribution in [0.25, 0.3) is 0 Å². The molecule has 21 heavy (non-hydrogen) atoms. The van der Waals surface area contributed by atoms with E-state index in [0.29, 0.717) is 18.6 Å². The molecule has 4 nitrogen and oxygen atoms in total. The number of hydrogen-bond acceptors (Lipinski definition) is 3. The first-order valence-electron chi connectivity index (χ1n) is 7.59. The molecule has 1 amide bonds. The number of rotatable bonds is 3. The van der Waals surface area contributed by atoms with E-state index in [2.05, 4.69) is 25.2 Å². The van der Waals surface area contributed by atoms with E-state index < -0.39 is 0 Å². The van der Waals surface area contributed by atoms with Crippen LogP contribution in [0.15, 0.2) is 24.3 Å². The first kappa shape index (κ1) is 14.5. The summed E-state index contributed by atoms with van der Waals surface area (Å²) in [5, 5.41) is 3.69. The Bertz CT molecular complexity index is 555. The average Bonchev–Trinajstić information content (AvgIpc) is 2.47. The summed E-state index contributed by atoms with van der Waals surface area (Å²) in [5.41, 5.74) is 2.35. The number of ether oxygens (including phenoxy) is 1. The fourth-order valence-corrected chi connectivity index (χ4v) is 3.60. The van der Waals surface area contributed by atoms with Crippen LogP contribution in [0.3, 0.4) is 0 Å². The number of amides is 1. The van der Waals surface area contributed by atoms with Crippen molar-refractivity contribution < 1.29 is 9.53 Å². The highest BCUT2D eigenvalue weighted by Crippen LogP contribution is 2.44. The van der Waals surface area contributed by atoms with E-state index in [0.717, 1.165) is 12.1 Å². The van der Waals surface area contributed by atoms with Crippen molar-refractivity contribution in [3.63, 3.8) is 0 Å². The lowest BCUT2D eigenvalue weighted by molar-refractivity contribution is -0.120. The zero-order valence-electron chi connectivity index (χ0n) is 13.2. The van der Waals surface area contributed by atoms with Gasteiger partial charge in [-0.2, -0.15) is 0 Å². The highest BCUT2D eigenvalue weighted by Gasteiger charge is 2.49. The SMILES string of the molecule is COC1CC(NC2CC(=O)N(C)c3ccccc32)C1(C)C. The predicted molar refractivity (Wildman–Crippen MR) is 83.3 cm³/mol. The van der Waals surface area contributed by atoms with Crippen molar-refractivity contribution in [1.29, 1.82) is 0 Å². The van der Waals surface area contributed by atoms with Crippen LogP contribution in [0, 0.1) is 5.41 Å². The van der Waals surface area contributed by atoms with Crippen LogP contribution in [0.5, 0.6) is 0 Å². The van der Waals surface area contributed by atoms with Gasteiger partial charge >= 0.3 is 0 Å². The van der Waals surface area contributed by atoms with Crippen LogP contribution >= 0.6 is 0 Å². The highest BCUT2D eigenvalue weighted by atomic mass is 16.5. The van der Waals surface area contributed by atoms with Gasteiger partial charge in [-0.1, -0.05) is 32.0 Å². The van der Waals surface area contributed by atoms with E-state index in [1.807, 2.05) is 25.2 Å². The maximum absolute atomic E-state index is 12.2. The summed E-state index contributed by atoms with van der Waals surface area (Å²) >= 11 is 0. The third kappa shape index (κ3) is 2.27. The van der Waals surface area contributed by atoms with Crippen LogP contribution in [0.4, 0.5) is 5.69 Å². The second kappa shape index (κ2) is 5.11. The third-order valence-electron chi connectivity index (χ3n) is 5.29. The van der Waals surface area contributed by atoms with Gasteiger partial charge in [0.05, 0.1) is 6.10 Å². The topological polar surface area (TPSA) is 41.6 Å². The summed E-state index contributed by atoms with van der Waals surface area (Å²) in [7, 11) is 3.63. The van der Waals surface area contributed by atoms with Crippen molar-refractivity contribution in [1.82, 2.24) is 5.32 Å². The van der Waals surface area contributed by atoms with E-state index in [1.54, 1.807) is 12.0 Å². The molecule has 1 aromatic carbocycles. The van der Waals surface area contributed by atoms with Crippen molar-refractivity contribution in [3.05, 3.63) is 29.8 Å². The first-order valence-corrected chi connectivity index (χ1v) is 7.59. The van der Waals surface area contributed by atoms with E-state index in [9.17, 15) is 4.79 Å². The van der Waals surface area contributed by atoms with E-state index in [4.69, 9.17) is 4.74 Å². The third-order valence-corrected chi connectivity index (χ3v) is 5.29. The monoisotopic (exact) mass is 288 g/mol. The van der Waals surface area contributed by atoms with Gasteiger partial charge in [-0.25, -0.2) is 0 Å². The standard InChI is InChI=1S/C17H24N2O2/c1-17(2)14(10-15(17)21-4)18-12-9-16(20)19(3)13-8-6-5-7-11(12)13/h5-8,12,14-15,18H,9-10H2,1-4H3. The molecule has 3 rings (SSSR count). The number of para-hydroxylation sites is 1. The molecule has 0 bridgehead atoms. The molecule has 2 aliphatic rings. The number of nitrogens with zero attached hydrogens (tertiary/aromatic N) is 1. The van der Waals surface area contributed by atoms with Gasteiger partial charge in [0.2, 0.25) is 5.91 Å².